The van der Waals surface area contributed by atoms with Crippen LogP contribution in [0, 0.1) is 0 Å². The molecule has 0 radical (unpaired) electrons. The van der Waals surface area contributed by atoms with Crippen molar-refractivity contribution in [1.82, 2.24) is 10.3 Å². The van der Waals surface area contributed by atoms with E-state index in [1.54, 1.807) is 6.20 Å². The van der Waals surface area contributed by atoms with Gasteiger partial charge >= 0.3 is 5.97 Å². The Kier molecular flexibility index (Phi) is 7.44. The van der Waals surface area contributed by atoms with Crippen molar-refractivity contribution in [3.8, 4) is 0 Å². The van der Waals surface area contributed by atoms with Crippen molar-refractivity contribution < 1.29 is 23.9 Å². The molecule has 9 nitrogen and oxygen atoms in total. The van der Waals surface area contributed by atoms with Crippen LogP contribution in [-0.4, -0.2) is 61.7 Å². The predicted molar refractivity (Wildman–Crippen MR) is 129 cm³/mol. The van der Waals surface area contributed by atoms with E-state index in [0.29, 0.717) is 18.9 Å². The molecule has 1 fully saturated rings. The number of aromatic nitrogens is 1. The molecule has 9 heteroatoms. The smallest absolute Gasteiger partial charge is 0.329 e. The highest BCUT2D eigenvalue weighted by Crippen LogP contribution is 2.20. The van der Waals surface area contributed by atoms with E-state index < -0.39 is 24.5 Å². The molecule has 3 N–H and O–H groups in total. The molecule has 0 spiro atoms. The zero-order chi connectivity index (χ0) is 23.9. The number of esters is 1. The van der Waals surface area contributed by atoms with Gasteiger partial charge in [0, 0.05) is 54.9 Å². The van der Waals surface area contributed by atoms with Crippen LogP contribution in [0.25, 0.3) is 10.9 Å². The number of hydrogen-bond donors (Lipinski definition) is 3. The minimum absolute atomic E-state index is 0.243. The van der Waals surface area contributed by atoms with Gasteiger partial charge in [0.1, 0.15) is 6.04 Å². The highest BCUT2D eigenvalue weighted by Gasteiger charge is 2.24. The second-order valence-electron chi connectivity index (χ2n) is 8.12. The van der Waals surface area contributed by atoms with Crippen molar-refractivity contribution in [2.45, 2.75) is 19.4 Å². The monoisotopic (exact) mass is 464 g/mol. The molecule has 1 aliphatic rings. The van der Waals surface area contributed by atoms with Gasteiger partial charge < -0.3 is 30.0 Å². The minimum atomic E-state index is -0.905. The van der Waals surface area contributed by atoms with Crippen LogP contribution in [0.3, 0.4) is 0 Å². The van der Waals surface area contributed by atoms with Crippen molar-refractivity contribution in [3.63, 3.8) is 0 Å². The third-order valence-corrected chi connectivity index (χ3v) is 5.63. The summed E-state index contributed by atoms with van der Waals surface area (Å²) in [5.41, 5.74) is 3.47. The fraction of sp³-hybridized carbons (Fsp3) is 0.320. The molecule has 4 rings (SSSR count). The fourth-order valence-corrected chi connectivity index (χ4v) is 3.97. The first-order chi connectivity index (χ1) is 16.5. The Bertz CT molecular complexity index is 1150. The number of H-pyrrole nitrogens is 1. The molecule has 34 heavy (non-hydrogen) atoms. The van der Waals surface area contributed by atoms with Gasteiger partial charge in [-0.3, -0.25) is 9.59 Å². The van der Waals surface area contributed by atoms with Gasteiger partial charge in [-0.2, -0.15) is 0 Å². The number of benzene rings is 2. The van der Waals surface area contributed by atoms with Crippen LogP contribution in [0.1, 0.15) is 12.5 Å². The number of fused-ring (bicyclic) bond motifs is 1. The maximum absolute atomic E-state index is 12.7. The summed E-state index contributed by atoms with van der Waals surface area (Å²) in [5, 5.41) is 6.31. The van der Waals surface area contributed by atoms with Crippen molar-refractivity contribution in [2.75, 3.05) is 43.1 Å². The molecule has 3 aromatic rings. The number of carbonyl (C=O) groups is 3. The number of ether oxygens (including phenoxy) is 2. The largest absolute Gasteiger partial charge is 0.454 e. The Morgan fingerprint density at radius 2 is 1.82 bits per heavy atom. The summed E-state index contributed by atoms with van der Waals surface area (Å²) in [4.78, 5) is 42.0. The average molecular weight is 465 g/mol. The first-order valence-electron chi connectivity index (χ1n) is 11.2. The van der Waals surface area contributed by atoms with Crippen molar-refractivity contribution in [3.05, 3.63) is 60.3 Å². The molecule has 2 heterocycles. The summed E-state index contributed by atoms with van der Waals surface area (Å²) in [6.07, 6.45) is 2.05. The van der Waals surface area contributed by atoms with E-state index in [-0.39, 0.29) is 12.3 Å². The number of para-hydroxylation sites is 1. The molecule has 1 saturated heterocycles. The Hall–Kier alpha value is -3.85. The van der Waals surface area contributed by atoms with Crippen LogP contribution in [0.2, 0.25) is 0 Å². The van der Waals surface area contributed by atoms with E-state index in [9.17, 15) is 14.4 Å². The van der Waals surface area contributed by atoms with Crippen molar-refractivity contribution in [1.29, 1.82) is 0 Å². The molecule has 0 aliphatic carbocycles. The van der Waals surface area contributed by atoms with Crippen molar-refractivity contribution in [2.24, 2.45) is 0 Å². The lowest BCUT2D eigenvalue weighted by atomic mass is 10.0. The molecule has 178 valence electrons. The van der Waals surface area contributed by atoms with Crippen LogP contribution in [0.4, 0.5) is 11.4 Å². The van der Waals surface area contributed by atoms with Gasteiger partial charge in [-0.1, -0.05) is 18.2 Å². The number of nitrogens with one attached hydrogen (secondary N) is 3. The summed E-state index contributed by atoms with van der Waals surface area (Å²) in [5.74, 6) is -1.48. The highest BCUT2D eigenvalue weighted by atomic mass is 16.5. The van der Waals surface area contributed by atoms with E-state index in [4.69, 9.17) is 9.47 Å². The van der Waals surface area contributed by atoms with Gasteiger partial charge in [-0.05, 0) is 35.9 Å². The zero-order valence-electron chi connectivity index (χ0n) is 19.0. The number of nitrogens with zero attached hydrogens (tertiary/aromatic N) is 1. The summed E-state index contributed by atoms with van der Waals surface area (Å²) >= 11 is 0. The molecule has 2 amide bonds. The number of rotatable bonds is 8. The summed E-state index contributed by atoms with van der Waals surface area (Å²) in [6, 6.07) is 14.3. The standard InChI is InChI=1S/C25H28N4O5/c1-17(30)27-23(14-18-15-26-22-5-3-2-4-21(18)22)25(32)34-16-24(31)28-19-6-8-20(9-7-19)29-10-12-33-13-11-29/h2-9,15,23,26H,10-14,16H2,1H3,(H,27,30)(H,28,31)/t23-/m0/s1. The molecule has 0 bridgehead atoms. The Morgan fingerprint density at radius 3 is 2.56 bits per heavy atom. The van der Waals surface area contributed by atoms with Gasteiger partial charge in [-0.15, -0.1) is 0 Å². The minimum Gasteiger partial charge on any atom is -0.454 e. The van der Waals surface area contributed by atoms with Crippen LogP contribution in [0.15, 0.2) is 54.7 Å². The molecule has 2 aromatic carbocycles. The summed E-state index contributed by atoms with van der Waals surface area (Å²) in [7, 11) is 0. The SMILES string of the molecule is CC(=O)N[C@@H](Cc1c[nH]c2ccccc12)C(=O)OCC(=O)Nc1ccc(N2CCOCC2)cc1. The van der Waals surface area contributed by atoms with E-state index in [2.05, 4.69) is 20.5 Å². The van der Waals surface area contributed by atoms with Gasteiger partial charge in [0.2, 0.25) is 5.91 Å². The Balaban J connectivity index is 1.32. The molecule has 0 unspecified atom stereocenters. The Labute approximate surface area is 197 Å². The average Bonchev–Trinajstić information content (AvgIpc) is 3.26. The number of aromatic amines is 1. The normalized spacial score (nSPS) is 14.4. The number of hydrogen-bond acceptors (Lipinski definition) is 6. The Morgan fingerprint density at radius 1 is 1.09 bits per heavy atom. The quantitative estimate of drug-likeness (QED) is 0.441. The second kappa shape index (κ2) is 10.8. The maximum atomic E-state index is 12.7. The number of carbonyl (C=O) groups excluding carboxylic acids is 3. The highest BCUT2D eigenvalue weighted by molar-refractivity contribution is 5.94. The van der Waals surface area contributed by atoms with Gasteiger partial charge in [-0.25, -0.2) is 4.79 Å². The van der Waals surface area contributed by atoms with Crippen LogP contribution in [-0.2, 0) is 30.3 Å². The summed E-state index contributed by atoms with van der Waals surface area (Å²) in [6.45, 7) is 3.94. The first-order valence-corrected chi connectivity index (χ1v) is 11.2. The van der Waals surface area contributed by atoms with Crippen molar-refractivity contribution >= 4 is 40.1 Å². The molecular weight excluding hydrogens is 436 g/mol. The third kappa shape index (κ3) is 5.93. The molecule has 1 aliphatic heterocycles. The molecule has 1 atom stereocenters. The molecular formula is C25H28N4O5. The second-order valence-corrected chi connectivity index (χ2v) is 8.12. The number of morpholine rings is 1. The fourth-order valence-electron chi connectivity index (χ4n) is 3.97. The van der Waals surface area contributed by atoms with Gasteiger partial charge in [0.25, 0.3) is 5.91 Å². The summed E-state index contributed by atoms with van der Waals surface area (Å²) < 4.78 is 10.6. The predicted octanol–water partition coefficient (Wildman–Crippen LogP) is 2.23. The zero-order valence-corrected chi connectivity index (χ0v) is 19.0. The third-order valence-electron chi connectivity index (χ3n) is 5.63. The van der Waals surface area contributed by atoms with E-state index in [1.807, 2.05) is 48.5 Å². The molecule has 0 saturated carbocycles. The van der Waals surface area contributed by atoms with E-state index in [1.165, 1.54) is 6.92 Å². The number of amides is 2. The maximum Gasteiger partial charge on any atom is 0.329 e. The topological polar surface area (TPSA) is 113 Å². The lowest BCUT2D eigenvalue weighted by Crippen LogP contribution is -2.43. The van der Waals surface area contributed by atoms with E-state index in [0.717, 1.165) is 35.2 Å². The van der Waals surface area contributed by atoms with Gasteiger partial charge in [0.15, 0.2) is 6.61 Å². The lowest BCUT2D eigenvalue weighted by Gasteiger charge is -2.28. The lowest BCUT2D eigenvalue weighted by molar-refractivity contribution is -0.150. The van der Waals surface area contributed by atoms with Crippen LogP contribution in [0.5, 0.6) is 0 Å². The molecule has 1 aromatic heterocycles. The van der Waals surface area contributed by atoms with Crippen LogP contribution < -0.4 is 15.5 Å². The first kappa shape index (κ1) is 23.3. The van der Waals surface area contributed by atoms with Crippen LogP contribution >= 0.6 is 0 Å². The van der Waals surface area contributed by atoms with E-state index >= 15 is 0 Å². The number of anilines is 2. The van der Waals surface area contributed by atoms with Gasteiger partial charge in [0.05, 0.1) is 13.2 Å².